The molecular formula is C9H9FN2. The van der Waals surface area contributed by atoms with Gasteiger partial charge in [-0.05, 0) is 24.6 Å². The zero-order valence-electron chi connectivity index (χ0n) is 6.71. The molecule has 0 saturated heterocycles. The van der Waals surface area contributed by atoms with E-state index in [9.17, 15) is 4.39 Å². The van der Waals surface area contributed by atoms with Crippen molar-refractivity contribution in [1.29, 1.82) is 5.26 Å². The zero-order chi connectivity index (χ0) is 8.97. The molecule has 0 unspecified atom stereocenters. The van der Waals surface area contributed by atoms with Crippen LogP contribution in [0, 0.1) is 17.3 Å². The van der Waals surface area contributed by atoms with Crippen molar-refractivity contribution < 1.29 is 4.39 Å². The number of hydrogen-bond donors (Lipinski definition) is 1. The second-order valence-electron chi connectivity index (χ2n) is 2.53. The first-order valence-electron chi connectivity index (χ1n) is 3.64. The number of benzene rings is 1. The average Bonchev–Trinajstić information content (AvgIpc) is 2.05. The van der Waals surface area contributed by atoms with E-state index in [2.05, 4.69) is 5.32 Å². The van der Waals surface area contributed by atoms with Crippen LogP contribution in [0.2, 0.25) is 0 Å². The van der Waals surface area contributed by atoms with Gasteiger partial charge in [0.15, 0.2) is 6.19 Å². The van der Waals surface area contributed by atoms with Gasteiger partial charge in [0.1, 0.15) is 5.82 Å². The first-order valence-corrected chi connectivity index (χ1v) is 3.64. The number of rotatable bonds is 2. The van der Waals surface area contributed by atoms with E-state index in [0.717, 1.165) is 5.56 Å². The van der Waals surface area contributed by atoms with Gasteiger partial charge in [-0.2, -0.15) is 5.26 Å². The SMILES string of the molecule is C[C@H](NC#N)c1cccc(F)c1. The van der Waals surface area contributed by atoms with E-state index in [1.807, 2.05) is 6.19 Å². The first-order chi connectivity index (χ1) is 5.74. The van der Waals surface area contributed by atoms with Crippen molar-refractivity contribution in [3.63, 3.8) is 0 Å². The molecule has 62 valence electrons. The number of nitrogens with zero attached hydrogens (tertiary/aromatic N) is 1. The lowest BCUT2D eigenvalue weighted by molar-refractivity contribution is 0.616. The molecule has 0 aliphatic heterocycles. The van der Waals surface area contributed by atoms with E-state index in [1.54, 1.807) is 19.1 Å². The smallest absolute Gasteiger partial charge is 0.177 e. The molecule has 0 fully saturated rings. The van der Waals surface area contributed by atoms with Crippen LogP contribution >= 0.6 is 0 Å². The Morgan fingerprint density at radius 3 is 2.92 bits per heavy atom. The van der Waals surface area contributed by atoms with Gasteiger partial charge in [0, 0.05) is 0 Å². The molecule has 1 aromatic rings. The Morgan fingerprint density at radius 1 is 1.58 bits per heavy atom. The van der Waals surface area contributed by atoms with Crippen LogP contribution in [0.25, 0.3) is 0 Å². The predicted octanol–water partition coefficient (Wildman–Crippen LogP) is 1.96. The summed E-state index contributed by atoms with van der Waals surface area (Å²) in [7, 11) is 0. The van der Waals surface area contributed by atoms with Gasteiger partial charge >= 0.3 is 0 Å². The van der Waals surface area contributed by atoms with E-state index in [4.69, 9.17) is 5.26 Å². The highest BCUT2D eigenvalue weighted by atomic mass is 19.1. The van der Waals surface area contributed by atoms with Crippen molar-refractivity contribution >= 4 is 0 Å². The fourth-order valence-corrected chi connectivity index (χ4v) is 0.956. The standard InChI is InChI=1S/C9H9FN2/c1-7(12-6-11)8-3-2-4-9(10)5-8/h2-5,7,12H,1H3/t7-/m0/s1. The summed E-state index contributed by atoms with van der Waals surface area (Å²) in [6, 6.07) is 6.06. The summed E-state index contributed by atoms with van der Waals surface area (Å²) in [6.07, 6.45) is 1.81. The highest BCUT2D eigenvalue weighted by Gasteiger charge is 2.03. The van der Waals surface area contributed by atoms with Crippen LogP contribution in [0.5, 0.6) is 0 Å². The van der Waals surface area contributed by atoms with Crippen LogP contribution in [-0.2, 0) is 0 Å². The second-order valence-corrected chi connectivity index (χ2v) is 2.53. The molecule has 0 aliphatic carbocycles. The lowest BCUT2D eigenvalue weighted by Crippen LogP contribution is -2.11. The molecule has 1 N–H and O–H groups in total. The minimum atomic E-state index is -0.279. The molecule has 0 aliphatic rings. The van der Waals surface area contributed by atoms with Gasteiger partial charge in [0.25, 0.3) is 0 Å². The van der Waals surface area contributed by atoms with Crippen LogP contribution < -0.4 is 5.32 Å². The minimum Gasteiger partial charge on any atom is -0.317 e. The molecule has 0 saturated carbocycles. The summed E-state index contributed by atoms with van der Waals surface area (Å²) in [5.74, 6) is -0.279. The average molecular weight is 164 g/mol. The van der Waals surface area contributed by atoms with Crippen molar-refractivity contribution in [1.82, 2.24) is 5.32 Å². The molecule has 1 aromatic carbocycles. The maximum Gasteiger partial charge on any atom is 0.177 e. The summed E-state index contributed by atoms with van der Waals surface area (Å²) >= 11 is 0. The van der Waals surface area contributed by atoms with E-state index in [-0.39, 0.29) is 11.9 Å². The summed E-state index contributed by atoms with van der Waals surface area (Å²) in [5, 5.41) is 10.8. The highest BCUT2D eigenvalue weighted by molar-refractivity contribution is 5.19. The molecule has 0 radical (unpaired) electrons. The number of nitrogens with one attached hydrogen (secondary N) is 1. The Balaban J connectivity index is 2.82. The Bertz CT molecular complexity index is 304. The normalized spacial score (nSPS) is 11.8. The van der Waals surface area contributed by atoms with Crippen molar-refractivity contribution in [3.05, 3.63) is 35.6 Å². The third-order valence-electron chi connectivity index (χ3n) is 1.63. The van der Waals surface area contributed by atoms with Gasteiger partial charge in [0.2, 0.25) is 0 Å². The molecule has 12 heavy (non-hydrogen) atoms. The molecule has 0 spiro atoms. The molecule has 3 heteroatoms. The first kappa shape index (κ1) is 8.54. The summed E-state index contributed by atoms with van der Waals surface area (Å²) in [6.45, 7) is 1.80. The molecule has 2 nitrogen and oxygen atoms in total. The molecule has 0 heterocycles. The Hall–Kier alpha value is -1.56. The molecule has 0 amide bonds. The van der Waals surface area contributed by atoms with Crippen molar-refractivity contribution in [2.75, 3.05) is 0 Å². The number of halogens is 1. The van der Waals surface area contributed by atoms with Crippen molar-refractivity contribution in [3.8, 4) is 6.19 Å². The van der Waals surface area contributed by atoms with Crippen LogP contribution in [-0.4, -0.2) is 0 Å². The number of nitriles is 1. The van der Waals surface area contributed by atoms with Crippen molar-refractivity contribution in [2.24, 2.45) is 0 Å². The van der Waals surface area contributed by atoms with E-state index >= 15 is 0 Å². The van der Waals surface area contributed by atoms with E-state index in [1.165, 1.54) is 12.1 Å². The van der Waals surface area contributed by atoms with Crippen molar-refractivity contribution in [2.45, 2.75) is 13.0 Å². The lowest BCUT2D eigenvalue weighted by Gasteiger charge is -2.08. The Kier molecular flexibility index (Phi) is 2.65. The van der Waals surface area contributed by atoms with Gasteiger partial charge < -0.3 is 5.32 Å². The van der Waals surface area contributed by atoms with Gasteiger partial charge in [-0.3, -0.25) is 0 Å². The largest absolute Gasteiger partial charge is 0.317 e. The number of hydrogen-bond acceptors (Lipinski definition) is 2. The second kappa shape index (κ2) is 3.72. The molecule has 1 rings (SSSR count). The summed E-state index contributed by atoms with van der Waals surface area (Å²) in [4.78, 5) is 0. The maximum atomic E-state index is 12.7. The quantitative estimate of drug-likeness (QED) is 0.535. The fraction of sp³-hybridized carbons (Fsp3) is 0.222. The molecule has 1 atom stereocenters. The van der Waals surface area contributed by atoms with Gasteiger partial charge in [0.05, 0.1) is 6.04 Å². The third kappa shape index (κ3) is 1.96. The Labute approximate surface area is 70.6 Å². The third-order valence-corrected chi connectivity index (χ3v) is 1.63. The molecule has 0 bridgehead atoms. The summed E-state index contributed by atoms with van der Waals surface area (Å²) < 4.78 is 12.7. The molecule has 0 aromatic heterocycles. The maximum absolute atomic E-state index is 12.7. The highest BCUT2D eigenvalue weighted by Crippen LogP contribution is 2.12. The van der Waals surface area contributed by atoms with Gasteiger partial charge in [-0.15, -0.1) is 0 Å². The van der Waals surface area contributed by atoms with Crippen LogP contribution in [0.1, 0.15) is 18.5 Å². The fourth-order valence-electron chi connectivity index (χ4n) is 0.956. The minimum absolute atomic E-state index is 0.134. The summed E-state index contributed by atoms with van der Waals surface area (Å²) in [5.41, 5.74) is 0.775. The van der Waals surface area contributed by atoms with Crippen LogP contribution in [0.15, 0.2) is 24.3 Å². The van der Waals surface area contributed by atoms with Gasteiger partial charge in [-0.25, -0.2) is 4.39 Å². The predicted molar refractivity (Wildman–Crippen MR) is 43.6 cm³/mol. The van der Waals surface area contributed by atoms with Crippen LogP contribution in [0.4, 0.5) is 4.39 Å². The van der Waals surface area contributed by atoms with Crippen LogP contribution in [0.3, 0.4) is 0 Å². The molecular weight excluding hydrogens is 155 g/mol. The zero-order valence-corrected chi connectivity index (χ0v) is 6.71. The lowest BCUT2D eigenvalue weighted by atomic mass is 10.1. The van der Waals surface area contributed by atoms with E-state index in [0.29, 0.717) is 0 Å². The van der Waals surface area contributed by atoms with E-state index < -0.39 is 0 Å². The Morgan fingerprint density at radius 2 is 2.33 bits per heavy atom. The van der Waals surface area contributed by atoms with Gasteiger partial charge in [-0.1, -0.05) is 12.1 Å². The topological polar surface area (TPSA) is 35.8 Å². The monoisotopic (exact) mass is 164 g/mol.